The Kier molecular flexibility index (Phi) is 3.33. The molecule has 0 bridgehead atoms. The Labute approximate surface area is 117 Å². The van der Waals surface area contributed by atoms with Crippen LogP contribution in [0.25, 0.3) is 10.9 Å². The van der Waals surface area contributed by atoms with E-state index in [1.807, 2.05) is 31.2 Å². The van der Waals surface area contributed by atoms with Crippen molar-refractivity contribution in [1.82, 2.24) is 4.98 Å². The average Bonchev–Trinajstić information content (AvgIpc) is 2.48. The zero-order chi connectivity index (χ0) is 13.9. The molecule has 0 atom stereocenters. The molecule has 0 saturated heterocycles. The van der Waals surface area contributed by atoms with Gasteiger partial charge in [0, 0.05) is 11.9 Å². The van der Waals surface area contributed by atoms with Crippen molar-refractivity contribution in [2.24, 2.45) is 0 Å². The third kappa shape index (κ3) is 2.62. The van der Waals surface area contributed by atoms with Crippen LogP contribution in [0, 0.1) is 12.7 Å². The van der Waals surface area contributed by atoms with Gasteiger partial charge in [-0.2, -0.15) is 0 Å². The highest BCUT2D eigenvalue weighted by atomic mass is 19.1. The molecule has 0 saturated carbocycles. The molecule has 0 fully saturated rings. The molecular formula is C17H15FN2. The maximum absolute atomic E-state index is 13.2. The van der Waals surface area contributed by atoms with Crippen molar-refractivity contribution < 1.29 is 4.39 Å². The molecule has 3 heteroatoms. The molecule has 100 valence electrons. The van der Waals surface area contributed by atoms with Gasteiger partial charge in [0.2, 0.25) is 0 Å². The van der Waals surface area contributed by atoms with Crippen LogP contribution in [0.5, 0.6) is 0 Å². The summed E-state index contributed by atoms with van der Waals surface area (Å²) in [6.45, 7) is 2.57. The number of para-hydroxylation sites is 1. The minimum atomic E-state index is -0.205. The van der Waals surface area contributed by atoms with Gasteiger partial charge in [0.15, 0.2) is 0 Å². The van der Waals surface area contributed by atoms with E-state index in [1.54, 1.807) is 18.3 Å². The molecular weight excluding hydrogens is 251 g/mol. The van der Waals surface area contributed by atoms with E-state index in [0.717, 1.165) is 27.7 Å². The van der Waals surface area contributed by atoms with Crippen LogP contribution < -0.4 is 5.32 Å². The molecule has 2 nitrogen and oxygen atoms in total. The minimum Gasteiger partial charge on any atom is -0.380 e. The molecule has 0 radical (unpaired) electrons. The van der Waals surface area contributed by atoms with Gasteiger partial charge < -0.3 is 5.32 Å². The lowest BCUT2D eigenvalue weighted by Gasteiger charge is -2.09. The summed E-state index contributed by atoms with van der Waals surface area (Å²) in [5.41, 5.74) is 3.94. The van der Waals surface area contributed by atoms with E-state index in [4.69, 9.17) is 0 Å². The topological polar surface area (TPSA) is 24.9 Å². The lowest BCUT2D eigenvalue weighted by molar-refractivity contribution is 0.625. The second kappa shape index (κ2) is 5.29. The predicted octanol–water partition coefficient (Wildman–Crippen LogP) is 4.29. The molecule has 0 amide bonds. The van der Waals surface area contributed by atoms with Crippen molar-refractivity contribution in [2.75, 3.05) is 5.32 Å². The molecule has 0 aliphatic carbocycles. The van der Waals surface area contributed by atoms with Crippen LogP contribution in [-0.4, -0.2) is 4.98 Å². The first kappa shape index (κ1) is 12.6. The molecule has 0 unspecified atom stereocenters. The molecule has 2 aromatic carbocycles. The van der Waals surface area contributed by atoms with Crippen LogP contribution in [0.3, 0.4) is 0 Å². The molecule has 1 aromatic heterocycles. The fourth-order valence-electron chi connectivity index (χ4n) is 2.20. The third-order valence-corrected chi connectivity index (χ3v) is 3.38. The number of fused-ring (bicyclic) bond motifs is 1. The number of nitrogens with one attached hydrogen (secondary N) is 1. The van der Waals surface area contributed by atoms with Crippen LogP contribution in [0.15, 0.2) is 54.7 Å². The maximum Gasteiger partial charge on any atom is 0.123 e. The standard InChI is InChI=1S/C17H15FN2/c1-12-6-7-15(18)8-14(12)10-19-16-9-13-4-2-3-5-17(13)20-11-16/h2-9,11,19H,10H2,1H3. The van der Waals surface area contributed by atoms with Crippen molar-refractivity contribution in [1.29, 1.82) is 0 Å². The number of aryl methyl sites for hydroxylation is 1. The van der Waals surface area contributed by atoms with Crippen LogP contribution >= 0.6 is 0 Å². The van der Waals surface area contributed by atoms with Gasteiger partial charge >= 0.3 is 0 Å². The highest BCUT2D eigenvalue weighted by molar-refractivity contribution is 5.81. The van der Waals surface area contributed by atoms with Crippen LogP contribution in [-0.2, 0) is 6.54 Å². The molecule has 1 heterocycles. The Morgan fingerprint density at radius 2 is 1.95 bits per heavy atom. The summed E-state index contributed by atoms with van der Waals surface area (Å²) in [4.78, 5) is 4.40. The summed E-state index contributed by atoms with van der Waals surface area (Å²) < 4.78 is 13.2. The fourth-order valence-corrected chi connectivity index (χ4v) is 2.20. The Morgan fingerprint density at radius 1 is 1.10 bits per heavy atom. The van der Waals surface area contributed by atoms with Gasteiger partial charge in [-0.15, -0.1) is 0 Å². The summed E-state index contributed by atoms with van der Waals surface area (Å²) >= 11 is 0. The van der Waals surface area contributed by atoms with Crippen molar-refractivity contribution in [3.05, 3.63) is 71.7 Å². The highest BCUT2D eigenvalue weighted by Crippen LogP contribution is 2.18. The lowest BCUT2D eigenvalue weighted by Crippen LogP contribution is -2.02. The molecule has 3 rings (SSSR count). The third-order valence-electron chi connectivity index (χ3n) is 3.38. The van der Waals surface area contributed by atoms with E-state index in [1.165, 1.54) is 6.07 Å². The van der Waals surface area contributed by atoms with Crippen LogP contribution in [0.4, 0.5) is 10.1 Å². The van der Waals surface area contributed by atoms with E-state index < -0.39 is 0 Å². The fraction of sp³-hybridized carbons (Fsp3) is 0.118. The number of aromatic nitrogens is 1. The number of halogens is 1. The number of rotatable bonds is 3. The van der Waals surface area contributed by atoms with Gasteiger partial charge in [0.25, 0.3) is 0 Å². The summed E-state index contributed by atoms with van der Waals surface area (Å²) in [5, 5.41) is 4.38. The normalized spacial score (nSPS) is 10.7. The minimum absolute atomic E-state index is 0.205. The molecule has 1 N–H and O–H groups in total. The first-order valence-electron chi connectivity index (χ1n) is 6.56. The van der Waals surface area contributed by atoms with Gasteiger partial charge in [-0.25, -0.2) is 4.39 Å². The Hall–Kier alpha value is -2.42. The van der Waals surface area contributed by atoms with Crippen molar-refractivity contribution >= 4 is 16.6 Å². The number of anilines is 1. The number of pyridine rings is 1. The summed E-state index contributed by atoms with van der Waals surface area (Å²) in [6.07, 6.45) is 1.80. The van der Waals surface area contributed by atoms with Gasteiger partial charge in [0.05, 0.1) is 17.4 Å². The Morgan fingerprint density at radius 3 is 2.85 bits per heavy atom. The Balaban J connectivity index is 1.81. The van der Waals surface area contributed by atoms with E-state index in [-0.39, 0.29) is 5.82 Å². The first-order chi connectivity index (χ1) is 9.72. The largest absolute Gasteiger partial charge is 0.380 e. The predicted molar refractivity (Wildman–Crippen MR) is 80.2 cm³/mol. The van der Waals surface area contributed by atoms with Gasteiger partial charge in [-0.05, 0) is 42.3 Å². The monoisotopic (exact) mass is 266 g/mol. The molecule has 0 aliphatic heterocycles. The van der Waals surface area contributed by atoms with E-state index >= 15 is 0 Å². The second-order valence-corrected chi connectivity index (χ2v) is 4.84. The number of nitrogens with zero attached hydrogens (tertiary/aromatic N) is 1. The van der Waals surface area contributed by atoms with Gasteiger partial charge in [-0.3, -0.25) is 4.98 Å². The maximum atomic E-state index is 13.2. The quantitative estimate of drug-likeness (QED) is 0.764. The molecule has 3 aromatic rings. The average molecular weight is 266 g/mol. The van der Waals surface area contributed by atoms with Gasteiger partial charge in [0.1, 0.15) is 5.82 Å². The zero-order valence-electron chi connectivity index (χ0n) is 11.2. The zero-order valence-corrected chi connectivity index (χ0v) is 11.2. The summed E-state index contributed by atoms with van der Waals surface area (Å²) in [7, 11) is 0. The van der Waals surface area contributed by atoms with E-state index in [0.29, 0.717) is 6.54 Å². The summed E-state index contributed by atoms with van der Waals surface area (Å²) in [6, 6.07) is 14.9. The second-order valence-electron chi connectivity index (χ2n) is 4.84. The van der Waals surface area contributed by atoms with Crippen LogP contribution in [0.1, 0.15) is 11.1 Å². The number of hydrogen-bond donors (Lipinski definition) is 1. The first-order valence-corrected chi connectivity index (χ1v) is 6.56. The SMILES string of the molecule is Cc1ccc(F)cc1CNc1cnc2ccccc2c1. The molecule has 0 aliphatic rings. The van der Waals surface area contributed by atoms with Crippen LogP contribution in [0.2, 0.25) is 0 Å². The smallest absolute Gasteiger partial charge is 0.123 e. The highest BCUT2D eigenvalue weighted by Gasteiger charge is 2.02. The van der Waals surface area contributed by atoms with Crippen molar-refractivity contribution in [3.8, 4) is 0 Å². The number of benzene rings is 2. The van der Waals surface area contributed by atoms with Crippen molar-refractivity contribution in [2.45, 2.75) is 13.5 Å². The number of hydrogen-bond acceptors (Lipinski definition) is 2. The van der Waals surface area contributed by atoms with Gasteiger partial charge in [-0.1, -0.05) is 24.3 Å². The van der Waals surface area contributed by atoms with E-state index in [9.17, 15) is 4.39 Å². The molecule has 20 heavy (non-hydrogen) atoms. The van der Waals surface area contributed by atoms with E-state index in [2.05, 4.69) is 16.4 Å². The summed E-state index contributed by atoms with van der Waals surface area (Å²) in [5.74, 6) is -0.205. The lowest BCUT2D eigenvalue weighted by atomic mass is 10.1. The molecule has 0 spiro atoms. The Bertz CT molecular complexity index is 753. The van der Waals surface area contributed by atoms with Crippen molar-refractivity contribution in [3.63, 3.8) is 0 Å².